The first-order valence-corrected chi connectivity index (χ1v) is 7.26. The molecule has 0 bridgehead atoms. The second kappa shape index (κ2) is 6.21. The minimum atomic E-state index is -0.628. The van der Waals surface area contributed by atoms with Crippen LogP contribution in [0.15, 0.2) is 18.2 Å². The molecule has 2 nitrogen and oxygen atoms in total. The molecule has 4 heteroatoms. The number of rotatable bonds is 4. The SMILES string of the molecule is CC1CCCC1C(O)C(CN)c1c(F)cccc1Cl. The Bertz CT molecular complexity index is 420. The maximum absolute atomic E-state index is 14.0. The van der Waals surface area contributed by atoms with Crippen LogP contribution in [-0.4, -0.2) is 17.8 Å². The number of nitrogens with two attached hydrogens (primary N) is 1. The van der Waals surface area contributed by atoms with Crippen molar-refractivity contribution in [3.05, 3.63) is 34.6 Å². The lowest BCUT2D eigenvalue weighted by Crippen LogP contribution is -2.34. The smallest absolute Gasteiger partial charge is 0.128 e. The van der Waals surface area contributed by atoms with E-state index >= 15 is 0 Å². The van der Waals surface area contributed by atoms with Gasteiger partial charge in [-0.2, -0.15) is 0 Å². The molecular weight excluding hydrogens is 265 g/mol. The van der Waals surface area contributed by atoms with Crippen molar-refractivity contribution in [3.63, 3.8) is 0 Å². The molecule has 106 valence electrons. The summed E-state index contributed by atoms with van der Waals surface area (Å²) < 4.78 is 14.0. The Balaban J connectivity index is 2.29. The highest BCUT2D eigenvalue weighted by atomic mass is 35.5. The largest absolute Gasteiger partial charge is 0.392 e. The number of hydrogen-bond acceptors (Lipinski definition) is 2. The molecule has 3 N–H and O–H groups in total. The molecule has 0 spiro atoms. The number of hydrogen-bond donors (Lipinski definition) is 2. The lowest BCUT2D eigenvalue weighted by Gasteiger charge is -2.30. The van der Waals surface area contributed by atoms with Crippen LogP contribution < -0.4 is 5.73 Å². The van der Waals surface area contributed by atoms with Crippen molar-refractivity contribution in [2.24, 2.45) is 17.6 Å². The fourth-order valence-corrected chi connectivity index (χ4v) is 3.58. The standard InChI is InChI=1S/C15H21ClFNO/c1-9-4-2-5-10(9)15(19)11(8-18)14-12(16)6-3-7-13(14)17/h3,6-7,9-11,15,19H,2,4-5,8,18H2,1H3. The van der Waals surface area contributed by atoms with Crippen molar-refractivity contribution in [3.8, 4) is 0 Å². The molecule has 0 aromatic heterocycles. The van der Waals surface area contributed by atoms with E-state index in [-0.39, 0.29) is 18.3 Å². The van der Waals surface area contributed by atoms with Gasteiger partial charge in [0, 0.05) is 23.0 Å². The first-order valence-electron chi connectivity index (χ1n) is 6.88. The third kappa shape index (κ3) is 2.93. The van der Waals surface area contributed by atoms with Crippen molar-refractivity contribution in [1.82, 2.24) is 0 Å². The summed E-state index contributed by atoms with van der Waals surface area (Å²) in [6, 6.07) is 4.58. The zero-order chi connectivity index (χ0) is 14.0. The minimum Gasteiger partial charge on any atom is -0.392 e. The molecular formula is C15H21ClFNO. The first-order chi connectivity index (χ1) is 9.06. The zero-order valence-electron chi connectivity index (χ0n) is 11.2. The highest BCUT2D eigenvalue weighted by Crippen LogP contribution is 2.40. The normalized spacial score (nSPS) is 26.4. The van der Waals surface area contributed by atoms with E-state index in [4.69, 9.17) is 17.3 Å². The van der Waals surface area contributed by atoms with E-state index in [9.17, 15) is 9.50 Å². The molecule has 1 aliphatic rings. The molecule has 1 fully saturated rings. The summed E-state index contributed by atoms with van der Waals surface area (Å²) in [5.41, 5.74) is 6.13. The topological polar surface area (TPSA) is 46.2 Å². The van der Waals surface area contributed by atoms with Crippen molar-refractivity contribution >= 4 is 11.6 Å². The van der Waals surface area contributed by atoms with Gasteiger partial charge in [0.05, 0.1) is 6.10 Å². The van der Waals surface area contributed by atoms with Gasteiger partial charge in [0.25, 0.3) is 0 Å². The van der Waals surface area contributed by atoms with E-state index in [0.717, 1.165) is 19.3 Å². The maximum Gasteiger partial charge on any atom is 0.128 e. The molecule has 4 atom stereocenters. The molecule has 2 rings (SSSR count). The highest BCUT2D eigenvalue weighted by molar-refractivity contribution is 6.31. The summed E-state index contributed by atoms with van der Waals surface area (Å²) in [6.07, 6.45) is 2.58. The van der Waals surface area contributed by atoms with Crippen molar-refractivity contribution < 1.29 is 9.50 Å². The Kier molecular flexibility index (Phi) is 4.82. The van der Waals surface area contributed by atoms with Crippen LogP contribution in [0.25, 0.3) is 0 Å². The number of aliphatic hydroxyl groups excluding tert-OH is 1. The van der Waals surface area contributed by atoms with E-state index in [1.807, 2.05) is 0 Å². The monoisotopic (exact) mass is 285 g/mol. The van der Waals surface area contributed by atoms with E-state index in [1.54, 1.807) is 12.1 Å². The van der Waals surface area contributed by atoms with Gasteiger partial charge in [-0.3, -0.25) is 0 Å². The molecule has 0 heterocycles. The Morgan fingerprint density at radius 1 is 1.47 bits per heavy atom. The van der Waals surface area contributed by atoms with Crippen LogP contribution in [0.3, 0.4) is 0 Å². The molecule has 0 radical (unpaired) electrons. The lowest BCUT2D eigenvalue weighted by atomic mass is 9.81. The third-order valence-electron chi connectivity index (χ3n) is 4.40. The average molecular weight is 286 g/mol. The molecule has 1 aromatic carbocycles. The molecule has 4 unspecified atom stereocenters. The number of aliphatic hydroxyl groups is 1. The van der Waals surface area contributed by atoms with Crippen molar-refractivity contribution in [2.75, 3.05) is 6.54 Å². The summed E-state index contributed by atoms with van der Waals surface area (Å²) in [6.45, 7) is 2.34. The lowest BCUT2D eigenvalue weighted by molar-refractivity contribution is 0.0654. The molecule has 0 amide bonds. The van der Waals surface area contributed by atoms with Gasteiger partial charge < -0.3 is 10.8 Å². The van der Waals surface area contributed by atoms with Gasteiger partial charge in [0.2, 0.25) is 0 Å². The maximum atomic E-state index is 14.0. The summed E-state index contributed by atoms with van der Waals surface area (Å²) in [7, 11) is 0. The third-order valence-corrected chi connectivity index (χ3v) is 4.73. The molecule has 1 aromatic rings. The first kappa shape index (κ1) is 14.8. The van der Waals surface area contributed by atoms with E-state index < -0.39 is 12.0 Å². The van der Waals surface area contributed by atoms with Gasteiger partial charge >= 0.3 is 0 Å². The van der Waals surface area contributed by atoms with E-state index in [0.29, 0.717) is 16.5 Å². The van der Waals surface area contributed by atoms with Crippen LogP contribution in [0.5, 0.6) is 0 Å². The molecule has 0 saturated heterocycles. The number of halogens is 2. The molecule has 1 aliphatic carbocycles. The minimum absolute atomic E-state index is 0.184. The average Bonchev–Trinajstić information content (AvgIpc) is 2.79. The highest BCUT2D eigenvalue weighted by Gasteiger charge is 2.36. The van der Waals surface area contributed by atoms with Crippen molar-refractivity contribution in [2.45, 2.75) is 38.2 Å². The quantitative estimate of drug-likeness (QED) is 0.891. The van der Waals surface area contributed by atoms with Crippen LogP contribution in [0.4, 0.5) is 4.39 Å². The second-order valence-electron chi connectivity index (χ2n) is 5.54. The Labute approximate surface area is 118 Å². The summed E-state index contributed by atoms with van der Waals surface area (Å²) in [5, 5.41) is 10.9. The van der Waals surface area contributed by atoms with Crippen LogP contribution >= 0.6 is 11.6 Å². The Morgan fingerprint density at radius 3 is 2.74 bits per heavy atom. The zero-order valence-corrected chi connectivity index (χ0v) is 11.9. The van der Waals surface area contributed by atoms with Crippen LogP contribution in [0.1, 0.15) is 37.7 Å². The summed E-state index contributed by atoms with van der Waals surface area (Å²) in [5.74, 6) is -0.175. The van der Waals surface area contributed by atoms with Gasteiger partial charge in [0.15, 0.2) is 0 Å². The van der Waals surface area contributed by atoms with Crippen molar-refractivity contribution in [1.29, 1.82) is 0 Å². The van der Waals surface area contributed by atoms with E-state index in [2.05, 4.69) is 6.92 Å². The number of benzene rings is 1. The van der Waals surface area contributed by atoms with Gasteiger partial charge in [0.1, 0.15) is 5.82 Å². The molecule has 1 saturated carbocycles. The summed E-state index contributed by atoms with van der Waals surface area (Å²) in [4.78, 5) is 0. The van der Waals surface area contributed by atoms with Gasteiger partial charge in [-0.05, 0) is 30.4 Å². The fraction of sp³-hybridized carbons (Fsp3) is 0.600. The fourth-order valence-electron chi connectivity index (χ4n) is 3.27. The van der Waals surface area contributed by atoms with Crippen LogP contribution in [0.2, 0.25) is 5.02 Å². The van der Waals surface area contributed by atoms with Gasteiger partial charge in [-0.15, -0.1) is 0 Å². The Morgan fingerprint density at radius 2 is 2.21 bits per heavy atom. The van der Waals surface area contributed by atoms with Crippen LogP contribution in [0, 0.1) is 17.7 Å². The predicted octanol–water partition coefficient (Wildman–Crippen LogP) is 3.32. The second-order valence-corrected chi connectivity index (χ2v) is 5.95. The van der Waals surface area contributed by atoms with Crippen LogP contribution in [-0.2, 0) is 0 Å². The van der Waals surface area contributed by atoms with Gasteiger partial charge in [-0.1, -0.05) is 37.4 Å². The predicted molar refractivity (Wildman–Crippen MR) is 75.7 cm³/mol. The van der Waals surface area contributed by atoms with Gasteiger partial charge in [-0.25, -0.2) is 4.39 Å². The molecule has 0 aliphatic heterocycles. The molecule has 19 heavy (non-hydrogen) atoms. The summed E-state index contributed by atoms with van der Waals surface area (Å²) >= 11 is 6.08. The van der Waals surface area contributed by atoms with E-state index in [1.165, 1.54) is 6.07 Å². The Hall–Kier alpha value is -0.640.